The van der Waals surface area contributed by atoms with Crippen LogP contribution < -0.4 is 29.0 Å². The summed E-state index contributed by atoms with van der Waals surface area (Å²) in [6.07, 6.45) is 0. The predicted octanol–water partition coefficient (Wildman–Crippen LogP) is 5.35. The number of amides is 2. The van der Waals surface area contributed by atoms with Gasteiger partial charge in [0.05, 0.1) is 27.1 Å². The normalized spacial score (nSPS) is 12.3. The zero-order valence-electron chi connectivity index (χ0n) is 25.7. The molecule has 45 heavy (non-hydrogen) atoms. The molecule has 1 aliphatic heterocycles. The van der Waals surface area contributed by atoms with Crippen molar-refractivity contribution in [3.63, 3.8) is 0 Å². The number of hydrogen-bond donors (Lipinski definition) is 1. The molecule has 1 aliphatic rings. The Balaban J connectivity index is 1.57. The second-order valence-corrected chi connectivity index (χ2v) is 11.1. The van der Waals surface area contributed by atoms with Crippen molar-refractivity contribution in [2.24, 2.45) is 0 Å². The average Bonchev–Trinajstić information content (AvgIpc) is 3.51. The summed E-state index contributed by atoms with van der Waals surface area (Å²) in [7, 11) is 4.49. The molecule has 3 aromatic carbocycles. The number of anilines is 1. The highest BCUT2D eigenvalue weighted by Crippen LogP contribution is 2.42. The first kappa shape index (κ1) is 31.5. The zero-order chi connectivity index (χ0) is 31.9. The van der Waals surface area contributed by atoms with Crippen LogP contribution in [0.2, 0.25) is 0 Å². The summed E-state index contributed by atoms with van der Waals surface area (Å²) >= 11 is 1.21. The molecule has 0 unspecified atom stereocenters. The quantitative estimate of drug-likeness (QED) is 0.162. The van der Waals surface area contributed by atoms with Crippen molar-refractivity contribution >= 4 is 29.3 Å². The Morgan fingerprint density at radius 1 is 0.889 bits per heavy atom. The van der Waals surface area contributed by atoms with Gasteiger partial charge in [-0.25, -0.2) is 9.97 Å². The highest BCUT2D eigenvalue weighted by atomic mass is 32.2. The summed E-state index contributed by atoms with van der Waals surface area (Å²) in [6, 6.07) is 18.7. The highest BCUT2D eigenvalue weighted by Gasteiger charge is 2.34. The van der Waals surface area contributed by atoms with Crippen molar-refractivity contribution in [1.82, 2.24) is 14.9 Å². The predicted molar refractivity (Wildman–Crippen MR) is 169 cm³/mol. The van der Waals surface area contributed by atoms with Gasteiger partial charge in [0.2, 0.25) is 18.4 Å². The minimum Gasteiger partial charge on any atom is -0.493 e. The smallest absolute Gasteiger partial charge is 0.251 e. The maximum Gasteiger partial charge on any atom is 0.251 e. The van der Waals surface area contributed by atoms with E-state index in [1.807, 2.05) is 50.2 Å². The number of rotatable bonds is 12. The van der Waals surface area contributed by atoms with Gasteiger partial charge in [0.15, 0.2) is 28.2 Å². The number of nitrogens with one attached hydrogen (secondary N) is 1. The number of carbonyl (C=O) groups is 2. The summed E-state index contributed by atoms with van der Waals surface area (Å²) in [5.41, 5.74) is 3.38. The molecule has 0 fully saturated rings. The number of aromatic nitrogens is 2. The maximum atomic E-state index is 14.3. The molecule has 5 rings (SSSR count). The van der Waals surface area contributed by atoms with Crippen molar-refractivity contribution in [3.05, 3.63) is 89.2 Å². The minimum atomic E-state index is -1.11. The molecule has 0 saturated carbocycles. The van der Waals surface area contributed by atoms with E-state index in [1.54, 1.807) is 30.3 Å². The number of hydrogen-bond acceptors (Lipinski definition) is 10. The third-order valence-corrected chi connectivity index (χ3v) is 7.84. The zero-order valence-corrected chi connectivity index (χ0v) is 26.5. The van der Waals surface area contributed by atoms with Gasteiger partial charge in [0.25, 0.3) is 5.91 Å². The fourth-order valence-corrected chi connectivity index (χ4v) is 5.82. The van der Waals surface area contributed by atoms with Crippen LogP contribution in [0, 0.1) is 13.8 Å². The lowest BCUT2D eigenvalue weighted by molar-refractivity contribution is -0.137. The first-order chi connectivity index (χ1) is 21.8. The van der Waals surface area contributed by atoms with Crippen LogP contribution >= 0.6 is 11.8 Å². The molecule has 4 aromatic rings. The van der Waals surface area contributed by atoms with Crippen LogP contribution in [-0.2, 0) is 16.1 Å². The summed E-state index contributed by atoms with van der Waals surface area (Å²) in [6.45, 7) is 4.00. The molecule has 0 aliphatic carbocycles. The Bertz CT molecular complexity index is 1640. The Hall–Kier alpha value is -4.97. The lowest BCUT2D eigenvalue weighted by atomic mass is 10.0. The summed E-state index contributed by atoms with van der Waals surface area (Å²) in [5, 5.41) is 3.45. The van der Waals surface area contributed by atoms with Gasteiger partial charge in [-0.05, 0) is 55.3 Å². The van der Waals surface area contributed by atoms with Crippen molar-refractivity contribution in [3.8, 4) is 28.7 Å². The molecule has 1 atom stereocenters. The number of ether oxygens (including phenoxy) is 5. The van der Waals surface area contributed by atoms with Crippen LogP contribution in [0.5, 0.6) is 28.7 Å². The molecular formula is C33H34N4O7S. The number of methoxy groups -OCH3 is 3. The molecule has 2 heterocycles. The van der Waals surface area contributed by atoms with Crippen molar-refractivity contribution in [2.75, 3.05) is 39.2 Å². The number of thioether (sulfide) groups is 1. The topological polar surface area (TPSA) is 121 Å². The second-order valence-electron chi connectivity index (χ2n) is 10.1. The first-order valence-electron chi connectivity index (χ1n) is 14.1. The van der Waals surface area contributed by atoms with Gasteiger partial charge in [0.1, 0.15) is 6.04 Å². The van der Waals surface area contributed by atoms with Gasteiger partial charge in [-0.3, -0.25) is 9.59 Å². The van der Waals surface area contributed by atoms with E-state index in [2.05, 4.69) is 15.3 Å². The summed E-state index contributed by atoms with van der Waals surface area (Å²) < 4.78 is 27.7. The molecule has 1 aromatic heterocycles. The van der Waals surface area contributed by atoms with Crippen LogP contribution in [-0.4, -0.2) is 60.6 Å². The van der Waals surface area contributed by atoms with Gasteiger partial charge in [-0.1, -0.05) is 42.1 Å². The number of nitrogens with zero attached hydrogens (tertiary/aromatic N) is 3. The highest BCUT2D eigenvalue weighted by molar-refractivity contribution is 7.99. The molecule has 1 N–H and O–H groups in total. The molecule has 12 heteroatoms. The number of fused-ring (bicyclic) bond motifs is 1. The number of carbonyl (C=O) groups excluding carboxylic acids is 2. The van der Waals surface area contributed by atoms with E-state index in [-0.39, 0.29) is 25.0 Å². The van der Waals surface area contributed by atoms with E-state index in [9.17, 15) is 9.59 Å². The Labute approximate surface area is 265 Å². The second kappa shape index (κ2) is 14.2. The average molecular weight is 631 g/mol. The summed E-state index contributed by atoms with van der Waals surface area (Å²) in [4.78, 5) is 39.0. The molecule has 2 amide bonds. The van der Waals surface area contributed by atoms with Crippen molar-refractivity contribution < 1.29 is 33.3 Å². The molecule has 0 spiro atoms. The number of aryl methyl sites for hydroxylation is 2. The molecule has 11 nitrogen and oxygen atoms in total. The monoisotopic (exact) mass is 630 g/mol. The van der Waals surface area contributed by atoms with Gasteiger partial charge >= 0.3 is 0 Å². The maximum absolute atomic E-state index is 14.3. The molecule has 0 bridgehead atoms. The van der Waals surface area contributed by atoms with Crippen LogP contribution in [0.25, 0.3) is 0 Å². The fraction of sp³-hybridized carbons (Fsp3) is 0.273. The Morgan fingerprint density at radius 3 is 2.20 bits per heavy atom. The largest absolute Gasteiger partial charge is 0.493 e. The van der Waals surface area contributed by atoms with E-state index in [1.165, 1.54) is 38.0 Å². The van der Waals surface area contributed by atoms with Crippen molar-refractivity contribution in [2.45, 2.75) is 31.6 Å². The van der Waals surface area contributed by atoms with Gasteiger partial charge in [-0.15, -0.1) is 0 Å². The van der Waals surface area contributed by atoms with Gasteiger partial charge in [0, 0.05) is 29.7 Å². The van der Waals surface area contributed by atoms with Crippen LogP contribution in [0.15, 0.2) is 71.9 Å². The standard InChI is InChI=1S/C33H34N4O7S/c1-20-13-21(2)35-33(34-20)45-18-29(38)37(17-22-9-7-6-8-10-22)30(23-14-27(40-3)31(42-5)28(15-23)41-4)32(39)36-24-11-12-25-26(16-24)44-19-43-25/h6-16,30H,17-19H2,1-5H3,(H,36,39)/t30-/m0/s1. The Morgan fingerprint density at radius 2 is 1.56 bits per heavy atom. The molecular weight excluding hydrogens is 596 g/mol. The van der Waals surface area contributed by atoms with Crippen LogP contribution in [0.1, 0.15) is 28.6 Å². The van der Waals surface area contributed by atoms with Crippen LogP contribution in [0.4, 0.5) is 5.69 Å². The lowest BCUT2D eigenvalue weighted by Gasteiger charge is -2.32. The third-order valence-electron chi connectivity index (χ3n) is 7.01. The van der Waals surface area contributed by atoms with E-state index < -0.39 is 11.9 Å². The molecule has 0 radical (unpaired) electrons. The van der Waals surface area contributed by atoms with E-state index >= 15 is 0 Å². The lowest BCUT2D eigenvalue weighted by Crippen LogP contribution is -2.42. The SMILES string of the molecule is COc1cc([C@@H](C(=O)Nc2ccc3c(c2)OCO3)N(Cc2ccccc2)C(=O)CSc2nc(C)cc(C)n2)cc(OC)c1OC. The van der Waals surface area contributed by atoms with Gasteiger partial charge in [-0.2, -0.15) is 0 Å². The molecule has 0 saturated heterocycles. The summed E-state index contributed by atoms with van der Waals surface area (Å²) in [5.74, 6) is 1.39. The molecule has 234 valence electrons. The van der Waals surface area contributed by atoms with Crippen LogP contribution in [0.3, 0.4) is 0 Å². The first-order valence-corrected chi connectivity index (χ1v) is 15.1. The van der Waals surface area contributed by atoms with Gasteiger partial charge < -0.3 is 33.9 Å². The minimum absolute atomic E-state index is 0.00600. The third kappa shape index (κ3) is 7.40. The van der Waals surface area contributed by atoms with E-state index in [4.69, 9.17) is 23.7 Å². The Kier molecular flexibility index (Phi) is 9.93. The van der Waals surface area contributed by atoms with E-state index in [0.29, 0.717) is 45.2 Å². The number of benzene rings is 3. The fourth-order valence-electron chi connectivity index (χ4n) is 4.99. The van der Waals surface area contributed by atoms with E-state index in [0.717, 1.165) is 17.0 Å². The van der Waals surface area contributed by atoms with Crippen molar-refractivity contribution in [1.29, 1.82) is 0 Å².